The number of aliphatic hydroxyl groups excluding tert-OH is 1. The van der Waals surface area contributed by atoms with Crippen molar-refractivity contribution in [3.8, 4) is 6.07 Å². The second-order valence-corrected chi connectivity index (χ2v) is 3.95. The van der Waals surface area contributed by atoms with Crippen LogP contribution in [0.4, 0.5) is 11.4 Å². The largest absolute Gasteiger partial charge is 0.397 e. The molecule has 0 bridgehead atoms. The van der Waals surface area contributed by atoms with E-state index in [1.54, 1.807) is 18.2 Å². The molecule has 0 spiro atoms. The van der Waals surface area contributed by atoms with Gasteiger partial charge in [-0.05, 0) is 24.6 Å². The van der Waals surface area contributed by atoms with Crippen LogP contribution in [0.3, 0.4) is 0 Å². The lowest BCUT2D eigenvalue weighted by Crippen LogP contribution is -2.28. The third kappa shape index (κ3) is 3.65. The highest BCUT2D eigenvalue weighted by molar-refractivity contribution is 5.69. The third-order valence-corrected chi connectivity index (χ3v) is 2.65. The van der Waals surface area contributed by atoms with E-state index < -0.39 is 0 Å². The first-order valence-electron chi connectivity index (χ1n) is 5.88. The number of rotatable bonds is 6. The van der Waals surface area contributed by atoms with Crippen LogP contribution in [0.2, 0.25) is 0 Å². The van der Waals surface area contributed by atoms with E-state index >= 15 is 0 Å². The molecule has 0 aromatic heterocycles. The van der Waals surface area contributed by atoms with Gasteiger partial charge in [0, 0.05) is 13.1 Å². The summed E-state index contributed by atoms with van der Waals surface area (Å²) in [5, 5.41) is 17.9. The molecule has 0 heterocycles. The van der Waals surface area contributed by atoms with Crippen molar-refractivity contribution in [1.82, 2.24) is 0 Å². The zero-order chi connectivity index (χ0) is 12.7. The molecule has 0 saturated heterocycles. The molecule has 4 heteroatoms. The maximum absolute atomic E-state index is 9.07. The summed E-state index contributed by atoms with van der Waals surface area (Å²) in [7, 11) is 0. The normalized spacial score (nSPS) is 9.94. The highest BCUT2D eigenvalue weighted by Crippen LogP contribution is 2.24. The van der Waals surface area contributed by atoms with E-state index in [-0.39, 0.29) is 6.61 Å². The first-order valence-corrected chi connectivity index (χ1v) is 5.88. The predicted molar refractivity (Wildman–Crippen MR) is 69.8 cm³/mol. The monoisotopic (exact) mass is 233 g/mol. The Morgan fingerprint density at radius 3 is 2.76 bits per heavy atom. The van der Waals surface area contributed by atoms with Gasteiger partial charge in [0.25, 0.3) is 0 Å². The maximum atomic E-state index is 9.07. The van der Waals surface area contributed by atoms with Crippen molar-refractivity contribution in [3.63, 3.8) is 0 Å². The standard InChI is InChI=1S/C13H19N3O/c1-2-3-6-16(7-8-17)13-9-11(10-14)4-5-12(13)15/h4-5,9,17H,2-3,6-8,15H2,1H3. The van der Waals surface area contributed by atoms with Crippen LogP contribution in [-0.4, -0.2) is 24.8 Å². The van der Waals surface area contributed by atoms with E-state index in [1.165, 1.54) is 0 Å². The highest BCUT2D eigenvalue weighted by Gasteiger charge is 2.09. The maximum Gasteiger partial charge on any atom is 0.0992 e. The van der Waals surface area contributed by atoms with Gasteiger partial charge in [-0.15, -0.1) is 0 Å². The number of hydrogen-bond donors (Lipinski definition) is 2. The average molecular weight is 233 g/mol. The molecule has 0 fully saturated rings. The van der Waals surface area contributed by atoms with Gasteiger partial charge in [-0.25, -0.2) is 0 Å². The summed E-state index contributed by atoms with van der Waals surface area (Å²) >= 11 is 0. The first-order chi connectivity index (χ1) is 8.22. The molecule has 4 nitrogen and oxygen atoms in total. The van der Waals surface area contributed by atoms with Crippen LogP contribution >= 0.6 is 0 Å². The summed E-state index contributed by atoms with van der Waals surface area (Å²) in [6.07, 6.45) is 2.12. The molecule has 0 saturated carbocycles. The number of hydrogen-bond acceptors (Lipinski definition) is 4. The fourth-order valence-electron chi connectivity index (χ4n) is 1.71. The number of nitrogens with zero attached hydrogens (tertiary/aromatic N) is 2. The summed E-state index contributed by atoms with van der Waals surface area (Å²) in [5.41, 5.74) is 7.99. The van der Waals surface area contributed by atoms with Gasteiger partial charge in [0.15, 0.2) is 0 Å². The fourth-order valence-corrected chi connectivity index (χ4v) is 1.71. The smallest absolute Gasteiger partial charge is 0.0992 e. The van der Waals surface area contributed by atoms with Gasteiger partial charge >= 0.3 is 0 Å². The zero-order valence-electron chi connectivity index (χ0n) is 10.2. The molecule has 0 atom stereocenters. The average Bonchev–Trinajstić information content (AvgIpc) is 2.35. The Morgan fingerprint density at radius 1 is 1.41 bits per heavy atom. The Morgan fingerprint density at radius 2 is 2.18 bits per heavy atom. The molecule has 0 radical (unpaired) electrons. The number of nitrogens with two attached hydrogens (primary N) is 1. The van der Waals surface area contributed by atoms with Crippen molar-refractivity contribution in [1.29, 1.82) is 5.26 Å². The number of nitriles is 1. The molecule has 17 heavy (non-hydrogen) atoms. The van der Waals surface area contributed by atoms with Gasteiger partial charge in [-0.3, -0.25) is 0 Å². The van der Waals surface area contributed by atoms with Gasteiger partial charge in [0.1, 0.15) is 0 Å². The number of benzene rings is 1. The quantitative estimate of drug-likeness (QED) is 0.734. The van der Waals surface area contributed by atoms with Gasteiger partial charge in [0.05, 0.1) is 29.6 Å². The first kappa shape index (κ1) is 13.3. The molecule has 0 aliphatic carbocycles. The lowest BCUT2D eigenvalue weighted by Gasteiger charge is -2.25. The van der Waals surface area contributed by atoms with Crippen LogP contribution < -0.4 is 10.6 Å². The Kier molecular flexibility index (Phi) is 5.31. The second-order valence-electron chi connectivity index (χ2n) is 3.95. The number of nitrogen functional groups attached to an aromatic ring is 1. The van der Waals surface area contributed by atoms with Gasteiger partial charge in [0.2, 0.25) is 0 Å². The van der Waals surface area contributed by atoms with Crippen molar-refractivity contribution in [2.45, 2.75) is 19.8 Å². The minimum Gasteiger partial charge on any atom is -0.397 e. The summed E-state index contributed by atoms with van der Waals surface area (Å²) in [6.45, 7) is 3.58. The van der Waals surface area contributed by atoms with Gasteiger partial charge < -0.3 is 15.7 Å². The molecule has 92 valence electrons. The van der Waals surface area contributed by atoms with E-state index in [0.717, 1.165) is 25.1 Å². The minimum absolute atomic E-state index is 0.0833. The summed E-state index contributed by atoms with van der Waals surface area (Å²) in [4.78, 5) is 2.03. The third-order valence-electron chi connectivity index (χ3n) is 2.65. The predicted octanol–water partition coefficient (Wildman–Crippen LogP) is 1.74. The summed E-state index contributed by atoms with van der Waals surface area (Å²) < 4.78 is 0. The molecule has 1 rings (SSSR count). The second kappa shape index (κ2) is 6.77. The fraction of sp³-hybridized carbons (Fsp3) is 0.462. The molecule has 0 aliphatic rings. The van der Waals surface area contributed by atoms with E-state index in [1.807, 2.05) is 4.90 Å². The van der Waals surface area contributed by atoms with Crippen molar-refractivity contribution < 1.29 is 5.11 Å². The minimum atomic E-state index is 0.0833. The molecular weight excluding hydrogens is 214 g/mol. The van der Waals surface area contributed by atoms with Crippen molar-refractivity contribution >= 4 is 11.4 Å². The van der Waals surface area contributed by atoms with Crippen LogP contribution in [0.1, 0.15) is 25.3 Å². The van der Waals surface area contributed by atoms with Crippen LogP contribution in [0, 0.1) is 11.3 Å². The number of unbranched alkanes of at least 4 members (excludes halogenated alkanes) is 1. The van der Waals surface area contributed by atoms with E-state index in [0.29, 0.717) is 17.8 Å². The van der Waals surface area contributed by atoms with Crippen LogP contribution in [-0.2, 0) is 0 Å². The molecule has 3 N–H and O–H groups in total. The van der Waals surface area contributed by atoms with Crippen molar-refractivity contribution in [2.24, 2.45) is 0 Å². The van der Waals surface area contributed by atoms with Crippen molar-refractivity contribution in [2.75, 3.05) is 30.3 Å². The molecule has 0 amide bonds. The van der Waals surface area contributed by atoms with E-state index in [2.05, 4.69) is 13.0 Å². The number of anilines is 2. The molecule has 1 aromatic carbocycles. The Labute approximate surface area is 102 Å². The van der Waals surface area contributed by atoms with E-state index in [9.17, 15) is 0 Å². The van der Waals surface area contributed by atoms with Crippen LogP contribution in [0.25, 0.3) is 0 Å². The molecule has 0 unspecified atom stereocenters. The highest BCUT2D eigenvalue weighted by atomic mass is 16.3. The van der Waals surface area contributed by atoms with E-state index in [4.69, 9.17) is 16.1 Å². The number of aliphatic hydroxyl groups is 1. The van der Waals surface area contributed by atoms with Gasteiger partial charge in [-0.2, -0.15) is 5.26 Å². The SMILES string of the molecule is CCCCN(CCO)c1cc(C#N)ccc1N. The van der Waals surface area contributed by atoms with Crippen LogP contribution in [0.5, 0.6) is 0 Å². The summed E-state index contributed by atoms with van der Waals surface area (Å²) in [5.74, 6) is 0. The van der Waals surface area contributed by atoms with Crippen LogP contribution in [0.15, 0.2) is 18.2 Å². The molecular formula is C13H19N3O. The van der Waals surface area contributed by atoms with Gasteiger partial charge in [-0.1, -0.05) is 13.3 Å². The Hall–Kier alpha value is -1.73. The Bertz CT molecular complexity index is 398. The Balaban J connectivity index is 2.95. The lowest BCUT2D eigenvalue weighted by atomic mass is 10.1. The topological polar surface area (TPSA) is 73.3 Å². The zero-order valence-corrected chi connectivity index (χ0v) is 10.2. The van der Waals surface area contributed by atoms with Crippen molar-refractivity contribution in [3.05, 3.63) is 23.8 Å². The molecule has 0 aliphatic heterocycles. The molecule has 1 aromatic rings. The lowest BCUT2D eigenvalue weighted by molar-refractivity contribution is 0.301. The summed E-state index contributed by atoms with van der Waals surface area (Å²) in [6, 6.07) is 7.33.